The summed E-state index contributed by atoms with van der Waals surface area (Å²) in [6, 6.07) is 21.5. The summed E-state index contributed by atoms with van der Waals surface area (Å²) in [7, 11) is 0. The molecule has 0 aliphatic heterocycles. The second kappa shape index (κ2) is 19.4. The summed E-state index contributed by atoms with van der Waals surface area (Å²) in [6.07, 6.45) is 0. The third-order valence-electron chi connectivity index (χ3n) is 4.84. The quantitative estimate of drug-likeness (QED) is 0.335. The summed E-state index contributed by atoms with van der Waals surface area (Å²) in [5, 5.41) is 9.12. The molecule has 2 aromatic rings. The van der Waals surface area contributed by atoms with Gasteiger partial charge in [0, 0.05) is 0 Å². The van der Waals surface area contributed by atoms with Crippen molar-refractivity contribution >= 4 is 52.9 Å². The van der Waals surface area contributed by atoms with Crippen molar-refractivity contribution < 1.29 is 0 Å². The van der Waals surface area contributed by atoms with E-state index in [0.29, 0.717) is 0 Å². The van der Waals surface area contributed by atoms with Crippen molar-refractivity contribution in [3.05, 3.63) is 60.7 Å². The molecule has 0 fully saturated rings. The van der Waals surface area contributed by atoms with Crippen LogP contribution in [0.1, 0.15) is 41.5 Å². The van der Waals surface area contributed by atoms with Gasteiger partial charge in [-0.1, -0.05) is 0 Å². The summed E-state index contributed by atoms with van der Waals surface area (Å²) < 4.78 is 2.99. The molecule has 148 valence electrons. The van der Waals surface area contributed by atoms with Gasteiger partial charge in [-0.25, -0.2) is 0 Å². The van der Waals surface area contributed by atoms with Gasteiger partial charge in [0.25, 0.3) is 0 Å². The van der Waals surface area contributed by atoms with Crippen LogP contribution < -0.4 is 8.79 Å². The van der Waals surface area contributed by atoms with Crippen LogP contribution in [-0.2, 0) is 0 Å². The van der Waals surface area contributed by atoms with Crippen molar-refractivity contribution in [1.29, 1.82) is 0 Å². The first-order valence-corrected chi connectivity index (χ1v) is 21.7. The number of benzene rings is 2. The zero-order chi connectivity index (χ0) is 20.3. The Hall–Kier alpha value is 0.0686. The van der Waals surface area contributed by atoms with Crippen LogP contribution in [0.5, 0.6) is 0 Å². The zero-order valence-electron chi connectivity index (χ0n) is 18.5. The monoisotopic (exact) mass is 550 g/mol. The number of hydrogen-bond donors (Lipinski definition) is 0. The molecule has 0 bridgehead atoms. The van der Waals surface area contributed by atoms with Crippen LogP contribution in [0, 0.1) is 0 Å². The van der Waals surface area contributed by atoms with Gasteiger partial charge in [0.15, 0.2) is 0 Å². The van der Waals surface area contributed by atoms with Gasteiger partial charge in [0.1, 0.15) is 0 Å². The Bertz CT molecular complexity index is 459. The molecule has 0 atom stereocenters. The second-order valence-corrected chi connectivity index (χ2v) is 24.6. The van der Waals surface area contributed by atoms with Gasteiger partial charge in [-0.2, -0.15) is 0 Å². The van der Waals surface area contributed by atoms with Crippen LogP contribution in [0.2, 0.25) is 31.5 Å². The summed E-state index contributed by atoms with van der Waals surface area (Å²) in [4.78, 5) is 0. The van der Waals surface area contributed by atoms with E-state index in [1.54, 1.807) is 0 Å². The van der Waals surface area contributed by atoms with E-state index in [2.05, 4.69) is 102 Å². The van der Waals surface area contributed by atoms with Gasteiger partial charge >= 0.3 is 187 Å². The van der Waals surface area contributed by atoms with E-state index in [0.717, 1.165) is 0 Å². The minimum absolute atomic E-state index is 0.108. The van der Waals surface area contributed by atoms with E-state index >= 15 is 0 Å². The Labute approximate surface area is 185 Å². The van der Waals surface area contributed by atoms with E-state index in [-0.39, 0.29) is 15.4 Å². The fourth-order valence-electron chi connectivity index (χ4n) is 2.71. The van der Waals surface area contributed by atoms with E-state index in [9.17, 15) is 0 Å². The molecule has 0 nitrogen and oxygen atoms in total. The molecule has 0 aliphatic carbocycles. The third-order valence-corrected chi connectivity index (χ3v) is 20.0. The number of hydrogen-bond acceptors (Lipinski definition) is 0. The van der Waals surface area contributed by atoms with Gasteiger partial charge in [-0.15, -0.1) is 0 Å². The molecule has 0 unspecified atom stereocenters. The van der Waals surface area contributed by atoms with Crippen molar-refractivity contribution in [2.75, 3.05) is 0 Å². The van der Waals surface area contributed by atoms with E-state index in [1.165, 1.54) is 40.3 Å². The van der Waals surface area contributed by atoms with Crippen molar-refractivity contribution in [2.24, 2.45) is 0 Å². The summed E-state index contributed by atoms with van der Waals surface area (Å²) in [5.41, 5.74) is 0. The topological polar surface area (TPSA) is 0 Å². The normalized spacial score (nSPS) is 10.1. The molecule has 0 amide bonds. The van der Waals surface area contributed by atoms with Crippen LogP contribution in [0.15, 0.2) is 60.7 Å². The van der Waals surface area contributed by atoms with Crippen LogP contribution in [0.3, 0.4) is 0 Å². The molecule has 0 aliphatic rings. The van der Waals surface area contributed by atoms with Crippen molar-refractivity contribution in [2.45, 2.75) is 73.1 Å². The van der Waals surface area contributed by atoms with E-state index in [4.69, 9.17) is 0 Å². The molecule has 0 heterocycles. The van der Waals surface area contributed by atoms with Crippen LogP contribution in [0.4, 0.5) is 0 Å². The standard InChI is InChI=1S/C12H10Ge.2C6H15Ge/c1-3-7-11(8-4-1)13-12-9-5-2-6-10-12;2*1-4-7(5-2)6-3/h1-10H;2*4-6H2,1-3H3. The molecule has 0 aromatic heterocycles. The van der Waals surface area contributed by atoms with Crippen LogP contribution in [0.25, 0.3) is 0 Å². The average Bonchev–Trinajstić information content (AvgIpc) is 2.73. The first kappa shape index (κ1) is 27.1. The molecular formula is C24H40Ge3. The molecule has 0 saturated carbocycles. The maximum atomic E-state index is 2.34. The Kier molecular flexibility index (Phi) is 19.4. The molecule has 27 heavy (non-hydrogen) atoms. The Morgan fingerprint density at radius 1 is 0.481 bits per heavy atom. The third kappa shape index (κ3) is 14.7. The first-order valence-electron chi connectivity index (χ1n) is 10.7. The summed E-state index contributed by atoms with van der Waals surface area (Å²) in [6.45, 7) is 14.0. The molecular weight excluding hydrogens is 506 g/mol. The van der Waals surface area contributed by atoms with Crippen LogP contribution in [-0.4, -0.2) is 44.1 Å². The Balaban J connectivity index is 0.000000416. The Morgan fingerprint density at radius 3 is 0.926 bits per heavy atom. The van der Waals surface area contributed by atoms with Crippen molar-refractivity contribution in [3.63, 3.8) is 0 Å². The average molecular weight is 546 g/mol. The van der Waals surface area contributed by atoms with Gasteiger partial charge < -0.3 is 0 Å². The van der Waals surface area contributed by atoms with E-state index < -0.39 is 28.7 Å². The molecule has 4 radical (unpaired) electrons. The molecule has 0 N–H and O–H groups in total. The van der Waals surface area contributed by atoms with Gasteiger partial charge in [0.2, 0.25) is 0 Å². The molecule has 2 rings (SSSR count). The van der Waals surface area contributed by atoms with Crippen molar-refractivity contribution in [1.82, 2.24) is 0 Å². The van der Waals surface area contributed by atoms with Gasteiger partial charge in [0.05, 0.1) is 0 Å². The second-order valence-electron chi connectivity index (χ2n) is 6.48. The fraction of sp³-hybridized carbons (Fsp3) is 0.500. The summed E-state index contributed by atoms with van der Waals surface area (Å²) >= 11 is -0.913. The SMILES string of the molecule is C[CH2][Ge]([CH2]C)[CH2]C.C[CH2][Ge]([CH2]C)[CH2]C.c1cc[c]([Ge][c]2ccccc2)cc1. The maximum absolute atomic E-state index is 2.34. The first-order chi connectivity index (χ1) is 13.1. The molecule has 0 saturated heterocycles. The molecule has 3 heteroatoms. The van der Waals surface area contributed by atoms with Gasteiger partial charge in [-0.3, -0.25) is 0 Å². The number of rotatable bonds is 8. The van der Waals surface area contributed by atoms with Crippen LogP contribution >= 0.6 is 0 Å². The fourth-order valence-corrected chi connectivity index (χ4v) is 11.2. The van der Waals surface area contributed by atoms with Gasteiger partial charge in [-0.05, 0) is 0 Å². The predicted octanol–water partition coefficient (Wildman–Crippen LogP) is 6.42. The van der Waals surface area contributed by atoms with Crippen molar-refractivity contribution in [3.8, 4) is 0 Å². The minimum atomic E-state index is -0.403. The molecule has 0 spiro atoms. The Morgan fingerprint density at radius 2 is 0.741 bits per heavy atom. The predicted molar refractivity (Wildman–Crippen MR) is 132 cm³/mol. The molecule has 2 aromatic carbocycles. The zero-order valence-corrected chi connectivity index (χ0v) is 24.8. The summed E-state index contributed by atoms with van der Waals surface area (Å²) in [5.74, 6) is 0. The van der Waals surface area contributed by atoms with E-state index in [1.807, 2.05) is 0 Å².